The molecule has 8 rings (SSSR count). The zero-order valence-electron chi connectivity index (χ0n) is 19.5. The largest absolute Gasteiger partial charge is 0.455 e. The Hall–Kier alpha value is -4.76. The summed E-state index contributed by atoms with van der Waals surface area (Å²) < 4.78 is 6.92. The molecule has 0 bridgehead atoms. The highest BCUT2D eigenvalue weighted by Crippen LogP contribution is 2.64. The number of fused-ring (bicyclic) bond motifs is 13. The summed E-state index contributed by atoms with van der Waals surface area (Å²) in [6.07, 6.45) is 0. The van der Waals surface area contributed by atoms with E-state index in [0.717, 1.165) is 55.5 Å². The van der Waals surface area contributed by atoms with Crippen LogP contribution < -0.4 is 16.2 Å². The van der Waals surface area contributed by atoms with Crippen molar-refractivity contribution < 1.29 is 4.74 Å². The molecule has 0 saturated heterocycles. The number of benzene rings is 6. The predicted molar refractivity (Wildman–Crippen MR) is 148 cm³/mol. The second kappa shape index (κ2) is 6.67. The number of rotatable bonds is 0. The molecule has 3 nitrogen and oxygen atoms in total. The van der Waals surface area contributed by atoms with Gasteiger partial charge in [-0.15, -0.1) is 0 Å². The second-order valence-electron chi connectivity index (χ2n) is 9.75. The summed E-state index contributed by atoms with van der Waals surface area (Å²) in [4.78, 5) is 0. The van der Waals surface area contributed by atoms with Crippen LogP contribution in [0.1, 0.15) is 22.3 Å². The minimum Gasteiger partial charge on any atom is -0.455 e. The fourth-order valence-electron chi connectivity index (χ4n) is 6.54. The lowest BCUT2D eigenvalue weighted by molar-refractivity contribution is 0.447. The monoisotopic (exact) mass is 462 g/mol. The molecule has 1 atom stereocenters. The molecule has 0 fully saturated rings. The molecule has 0 radical (unpaired) electrons. The molecule has 1 unspecified atom stereocenters. The molecule has 6 aromatic carbocycles. The lowest BCUT2D eigenvalue weighted by atomic mass is 9.65. The lowest BCUT2D eigenvalue weighted by Gasteiger charge is -2.40. The van der Waals surface area contributed by atoms with Crippen molar-refractivity contribution in [3.8, 4) is 22.6 Å². The number of hydrogen-bond acceptors (Lipinski definition) is 3. The van der Waals surface area contributed by atoms with Crippen LogP contribution in [0.15, 0.2) is 109 Å². The van der Waals surface area contributed by atoms with Gasteiger partial charge in [-0.05, 0) is 45.8 Å². The summed E-state index contributed by atoms with van der Waals surface area (Å²) in [5.41, 5.74) is 21.0. The quantitative estimate of drug-likeness (QED) is 0.228. The van der Waals surface area contributed by atoms with Crippen LogP contribution in [0.25, 0.3) is 32.7 Å². The highest BCUT2D eigenvalue weighted by atomic mass is 16.5. The van der Waals surface area contributed by atoms with Gasteiger partial charge in [0.05, 0.1) is 5.41 Å². The Balaban J connectivity index is 1.65. The first kappa shape index (κ1) is 19.5. The maximum Gasteiger partial charge on any atom is 0.140 e. The minimum atomic E-state index is -0.605. The topological polar surface area (TPSA) is 61.3 Å². The van der Waals surface area contributed by atoms with Crippen LogP contribution in [0.2, 0.25) is 0 Å². The fourth-order valence-corrected chi connectivity index (χ4v) is 6.54. The highest BCUT2D eigenvalue weighted by Gasteiger charge is 2.52. The molecule has 1 heterocycles. The average molecular weight is 463 g/mol. The van der Waals surface area contributed by atoms with Crippen molar-refractivity contribution in [2.75, 3.05) is 11.5 Å². The third-order valence-corrected chi connectivity index (χ3v) is 7.99. The Morgan fingerprint density at radius 3 is 2.08 bits per heavy atom. The van der Waals surface area contributed by atoms with E-state index in [1.807, 2.05) is 18.2 Å². The fraction of sp³-hybridized carbons (Fsp3) is 0.0303. The normalized spacial score (nSPS) is 16.9. The Kier molecular flexibility index (Phi) is 3.62. The van der Waals surface area contributed by atoms with Crippen LogP contribution in [0, 0.1) is 0 Å². The predicted octanol–water partition coefficient (Wildman–Crippen LogP) is 7.63. The minimum absolute atomic E-state index is 0.605. The Labute approximate surface area is 208 Å². The molecule has 0 aromatic heterocycles. The molecule has 1 aliphatic heterocycles. The van der Waals surface area contributed by atoms with Crippen LogP contribution in [-0.2, 0) is 5.41 Å². The van der Waals surface area contributed by atoms with Gasteiger partial charge in [-0.1, -0.05) is 91.0 Å². The maximum absolute atomic E-state index is 6.92. The zero-order valence-corrected chi connectivity index (χ0v) is 19.5. The Morgan fingerprint density at radius 2 is 1.19 bits per heavy atom. The van der Waals surface area contributed by atoms with E-state index >= 15 is 0 Å². The molecule has 0 amide bonds. The number of ether oxygens (including phenoxy) is 1. The first-order chi connectivity index (χ1) is 17.7. The van der Waals surface area contributed by atoms with Crippen LogP contribution in [-0.4, -0.2) is 0 Å². The molecule has 6 aromatic rings. The molecule has 3 heteroatoms. The standard InChI is InChI=1S/C33H22N2O/c34-20-14-15-23-22-9-5-6-12-26(22)33(28(23)17-20)27-16-13-19-7-1-2-8-21(19)31(27)36-32-25-11-4-3-10-24(25)30(35)18-29(32)33/h1-18H,34-35H2. The zero-order chi connectivity index (χ0) is 24.0. The van der Waals surface area contributed by atoms with Gasteiger partial charge in [0, 0.05) is 38.7 Å². The van der Waals surface area contributed by atoms with Crippen molar-refractivity contribution >= 4 is 32.9 Å². The first-order valence-electron chi connectivity index (χ1n) is 12.2. The summed E-state index contributed by atoms with van der Waals surface area (Å²) in [6, 6.07) is 38.1. The van der Waals surface area contributed by atoms with Crippen LogP contribution in [0.5, 0.6) is 11.5 Å². The average Bonchev–Trinajstić information content (AvgIpc) is 3.20. The molecule has 36 heavy (non-hydrogen) atoms. The molecule has 4 N–H and O–H groups in total. The summed E-state index contributed by atoms with van der Waals surface area (Å²) >= 11 is 0. The van der Waals surface area contributed by atoms with Gasteiger partial charge < -0.3 is 16.2 Å². The first-order valence-corrected chi connectivity index (χ1v) is 12.2. The third kappa shape index (κ3) is 2.23. The summed E-state index contributed by atoms with van der Waals surface area (Å²) in [6.45, 7) is 0. The van der Waals surface area contributed by atoms with Crippen LogP contribution in [0.3, 0.4) is 0 Å². The summed E-state index contributed by atoms with van der Waals surface area (Å²) in [5.74, 6) is 1.74. The van der Waals surface area contributed by atoms with Gasteiger partial charge in [0.25, 0.3) is 0 Å². The number of nitrogens with two attached hydrogens (primary N) is 2. The highest BCUT2D eigenvalue weighted by molar-refractivity contribution is 6.03. The Bertz CT molecular complexity index is 1900. The van der Waals surface area contributed by atoms with E-state index in [4.69, 9.17) is 16.2 Å². The van der Waals surface area contributed by atoms with Gasteiger partial charge in [0.15, 0.2) is 0 Å². The molecular formula is C33H22N2O. The molecular weight excluding hydrogens is 440 g/mol. The van der Waals surface area contributed by atoms with Crippen LogP contribution >= 0.6 is 0 Å². The van der Waals surface area contributed by atoms with Gasteiger partial charge in [0.2, 0.25) is 0 Å². The van der Waals surface area contributed by atoms with Crippen molar-refractivity contribution in [1.82, 2.24) is 0 Å². The van der Waals surface area contributed by atoms with Gasteiger partial charge in [-0.25, -0.2) is 0 Å². The smallest absolute Gasteiger partial charge is 0.140 e. The van der Waals surface area contributed by atoms with E-state index < -0.39 is 5.41 Å². The van der Waals surface area contributed by atoms with Crippen molar-refractivity contribution in [2.45, 2.75) is 5.41 Å². The van der Waals surface area contributed by atoms with Crippen LogP contribution in [0.4, 0.5) is 11.4 Å². The second-order valence-corrected chi connectivity index (χ2v) is 9.75. The van der Waals surface area contributed by atoms with E-state index in [1.165, 1.54) is 22.3 Å². The summed E-state index contributed by atoms with van der Waals surface area (Å²) in [7, 11) is 0. The molecule has 0 saturated carbocycles. The lowest BCUT2D eigenvalue weighted by Crippen LogP contribution is -2.32. The Morgan fingerprint density at radius 1 is 0.500 bits per heavy atom. The van der Waals surface area contributed by atoms with E-state index in [9.17, 15) is 0 Å². The summed E-state index contributed by atoms with van der Waals surface area (Å²) in [5, 5.41) is 4.25. The van der Waals surface area contributed by atoms with Crippen molar-refractivity contribution in [3.05, 3.63) is 131 Å². The van der Waals surface area contributed by atoms with Gasteiger partial charge in [-0.3, -0.25) is 0 Å². The maximum atomic E-state index is 6.92. The number of hydrogen-bond donors (Lipinski definition) is 2. The van der Waals surface area contributed by atoms with E-state index in [2.05, 4.69) is 91.0 Å². The van der Waals surface area contributed by atoms with E-state index in [1.54, 1.807) is 0 Å². The molecule has 1 aliphatic carbocycles. The van der Waals surface area contributed by atoms with Crippen molar-refractivity contribution in [2.24, 2.45) is 0 Å². The van der Waals surface area contributed by atoms with Gasteiger partial charge >= 0.3 is 0 Å². The number of anilines is 2. The van der Waals surface area contributed by atoms with Gasteiger partial charge in [-0.2, -0.15) is 0 Å². The van der Waals surface area contributed by atoms with Gasteiger partial charge in [0.1, 0.15) is 11.5 Å². The molecule has 1 spiro atoms. The van der Waals surface area contributed by atoms with E-state index in [0.29, 0.717) is 0 Å². The SMILES string of the molecule is Nc1ccc2c(c1)C1(c3ccccc3-2)c2ccc3ccccc3c2Oc2c1cc(N)c1ccccc21. The molecule has 170 valence electrons. The third-order valence-electron chi connectivity index (χ3n) is 7.99. The number of nitrogen functional groups attached to an aromatic ring is 2. The van der Waals surface area contributed by atoms with E-state index in [-0.39, 0.29) is 0 Å². The molecule has 2 aliphatic rings. The van der Waals surface area contributed by atoms with Crippen molar-refractivity contribution in [1.29, 1.82) is 0 Å². The van der Waals surface area contributed by atoms with Crippen molar-refractivity contribution in [3.63, 3.8) is 0 Å².